The minimum atomic E-state index is -0.165. The van der Waals surface area contributed by atoms with E-state index in [4.69, 9.17) is 14.2 Å². The first-order chi connectivity index (χ1) is 10.7. The number of methoxy groups -OCH3 is 3. The molecule has 1 heterocycles. The smallest absolute Gasteiger partial charge is 0.203 e. The van der Waals surface area contributed by atoms with Crippen molar-refractivity contribution in [3.63, 3.8) is 0 Å². The largest absolute Gasteiger partial charge is 0.493 e. The van der Waals surface area contributed by atoms with Gasteiger partial charge in [-0.25, -0.2) is 9.97 Å². The molecule has 0 fully saturated rings. The fourth-order valence-electron chi connectivity index (χ4n) is 2.13. The zero-order valence-corrected chi connectivity index (χ0v) is 13.7. The normalized spacial score (nSPS) is 10.4. The molecular weight excluding hydrogens is 304 g/mol. The molecule has 0 saturated carbocycles. The number of nitrogens with zero attached hydrogens (tertiary/aromatic N) is 2. The van der Waals surface area contributed by atoms with Crippen molar-refractivity contribution in [3.05, 3.63) is 23.9 Å². The molecule has 0 aliphatic carbocycles. The summed E-state index contributed by atoms with van der Waals surface area (Å²) >= 11 is 1.43. The molecule has 0 aliphatic rings. The molecule has 0 spiro atoms. The molecule has 1 aromatic carbocycles. The lowest BCUT2D eigenvalue weighted by Crippen LogP contribution is -2.01. The van der Waals surface area contributed by atoms with Crippen molar-refractivity contribution in [3.8, 4) is 28.5 Å². The molecule has 0 amide bonds. The number of thioether (sulfide) groups is 1. The summed E-state index contributed by atoms with van der Waals surface area (Å²) in [7, 11) is 4.66. The summed E-state index contributed by atoms with van der Waals surface area (Å²) in [6.07, 6.45) is 3.51. The van der Waals surface area contributed by atoms with Crippen LogP contribution in [0.1, 0.15) is 5.56 Å². The predicted molar refractivity (Wildman–Crippen MR) is 84.8 cm³/mol. The van der Waals surface area contributed by atoms with E-state index < -0.39 is 0 Å². The molecule has 1 aromatic heterocycles. The zero-order chi connectivity index (χ0) is 16.1. The highest BCUT2D eigenvalue weighted by atomic mass is 32.2. The minimum absolute atomic E-state index is 0.165. The van der Waals surface area contributed by atoms with Crippen LogP contribution in [-0.2, 0) is 6.61 Å². The van der Waals surface area contributed by atoms with Gasteiger partial charge < -0.3 is 19.3 Å². The van der Waals surface area contributed by atoms with E-state index in [1.807, 2.05) is 12.3 Å². The first-order valence-electron chi connectivity index (χ1n) is 6.50. The lowest BCUT2D eigenvalue weighted by molar-refractivity contribution is 0.281. The average Bonchev–Trinajstić information content (AvgIpc) is 2.59. The third-order valence-corrected chi connectivity index (χ3v) is 3.72. The fraction of sp³-hybridized carbons (Fsp3) is 0.333. The van der Waals surface area contributed by atoms with Gasteiger partial charge in [0.15, 0.2) is 16.7 Å². The van der Waals surface area contributed by atoms with Gasteiger partial charge in [0, 0.05) is 17.3 Å². The second kappa shape index (κ2) is 7.33. The van der Waals surface area contributed by atoms with Crippen LogP contribution in [0.3, 0.4) is 0 Å². The van der Waals surface area contributed by atoms with Crippen LogP contribution in [-0.4, -0.2) is 42.7 Å². The second-order valence-electron chi connectivity index (χ2n) is 4.27. The van der Waals surface area contributed by atoms with Gasteiger partial charge in [-0.15, -0.1) is 0 Å². The first-order valence-corrected chi connectivity index (χ1v) is 7.72. The van der Waals surface area contributed by atoms with Crippen molar-refractivity contribution in [2.75, 3.05) is 27.6 Å². The molecule has 6 nitrogen and oxygen atoms in total. The summed E-state index contributed by atoms with van der Waals surface area (Å²) in [5.41, 5.74) is 1.94. The van der Waals surface area contributed by atoms with Gasteiger partial charge >= 0.3 is 0 Å². The highest BCUT2D eigenvalue weighted by molar-refractivity contribution is 7.98. The Kier molecular flexibility index (Phi) is 5.46. The summed E-state index contributed by atoms with van der Waals surface area (Å²) in [6.45, 7) is -0.165. The zero-order valence-electron chi connectivity index (χ0n) is 12.9. The van der Waals surface area contributed by atoms with Crippen LogP contribution in [0.15, 0.2) is 23.5 Å². The predicted octanol–water partition coefficient (Wildman–Crippen LogP) is 2.38. The van der Waals surface area contributed by atoms with Crippen molar-refractivity contribution in [2.24, 2.45) is 0 Å². The molecule has 0 aliphatic heterocycles. The van der Waals surface area contributed by atoms with E-state index in [1.54, 1.807) is 33.6 Å². The molecule has 0 saturated heterocycles. The Labute approximate surface area is 133 Å². The van der Waals surface area contributed by atoms with Crippen molar-refractivity contribution in [1.82, 2.24) is 9.97 Å². The summed E-state index contributed by atoms with van der Waals surface area (Å²) in [6, 6.07) is 3.60. The van der Waals surface area contributed by atoms with Gasteiger partial charge in [0.1, 0.15) is 0 Å². The number of aliphatic hydroxyl groups is 1. The van der Waals surface area contributed by atoms with E-state index in [0.29, 0.717) is 39.2 Å². The fourth-order valence-corrected chi connectivity index (χ4v) is 2.47. The van der Waals surface area contributed by atoms with E-state index in [9.17, 15) is 5.11 Å². The highest BCUT2D eigenvalue weighted by Crippen LogP contribution is 2.44. The molecular formula is C15H18N2O4S. The van der Waals surface area contributed by atoms with E-state index in [-0.39, 0.29) is 6.61 Å². The Morgan fingerprint density at radius 1 is 1.09 bits per heavy atom. The molecule has 1 N–H and O–H groups in total. The van der Waals surface area contributed by atoms with E-state index in [1.165, 1.54) is 11.8 Å². The van der Waals surface area contributed by atoms with Crippen LogP contribution in [0.2, 0.25) is 0 Å². The molecule has 0 bridgehead atoms. The van der Waals surface area contributed by atoms with Gasteiger partial charge in [-0.2, -0.15) is 0 Å². The molecule has 0 unspecified atom stereocenters. The quantitative estimate of drug-likeness (QED) is 0.646. The minimum Gasteiger partial charge on any atom is -0.493 e. The van der Waals surface area contributed by atoms with E-state index in [0.717, 1.165) is 0 Å². The second-order valence-corrected chi connectivity index (χ2v) is 5.04. The van der Waals surface area contributed by atoms with Crippen molar-refractivity contribution >= 4 is 11.8 Å². The topological polar surface area (TPSA) is 73.7 Å². The van der Waals surface area contributed by atoms with Gasteiger partial charge in [-0.1, -0.05) is 11.8 Å². The van der Waals surface area contributed by atoms with Gasteiger partial charge in [-0.3, -0.25) is 0 Å². The van der Waals surface area contributed by atoms with Crippen LogP contribution in [0.4, 0.5) is 0 Å². The maximum Gasteiger partial charge on any atom is 0.203 e. The third-order valence-electron chi connectivity index (χ3n) is 3.15. The van der Waals surface area contributed by atoms with Crippen molar-refractivity contribution in [1.29, 1.82) is 0 Å². The Balaban J connectivity index is 2.71. The van der Waals surface area contributed by atoms with Crippen LogP contribution in [0, 0.1) is 0 Å². The Bertz CT molecular complexity index is 664. The molecule has 22 heavy (non-hydrogen) atoms. The van der Waals surface area contributed by atoms with Crippen LogP contribution in [0.25, 0.3) is 11.3 Å². The summed E-state index contributed by atoms with van der Waals surface area (Å²) in [5, 5.41) is 10.2. The van der Waals surface area contributed by atoms with E-state index in [2.05, 4.69) is 9.97 Å². The lowest BCUT2D eigenvalue weighted by atomic mass is 10.1. The molecule has 0 radical (unpaired) electrons. The Morgan fingerprint density at radius 3 is 2.36 bits per heavy atom. The number of rotatable bonds is 6. The molecule has 2 aromatic rings. The van der Waals surface area contributed by atoms with Gasteiger partial charge in [0.2, 0.25) is 5.75 Å². The molecule has 2 rings (SSSR count). The highest BCUT2D eigenvalue weighted by Gasteiger charge is 2.20. The number of ether oxygens (including phenoxy) is 3. The van der Waals surface area contributed by atoms with Crippen LogP contribution >= 0.6 is 11.8 Å². The first kappa shape index (κ1) is 16.4. The monoisotopic (exact) mass is 322 g/mol. The summed E-state index contributed by atoms with van der Waals surface area (Å²) in [4.78, 5) is 8.67. The molecule has 7 heteroatoms. The van der Waals surface area contributed by atoms with Crippen LogP contribution in [0.5, 0.6) is 17.2 Å². The Hall–Kier alpha value is -1.99. The number of aliphatic hydroxyl groups excluding tert-OH is 1. The lowest BCUT2D eigenvalue weighted by Gasteiger charge is -2.16. The maximum absolute atomic E-state index is 9.55. The van der Waals surface area contributed by atoms with Gasteiger partial charge in [0.05, 0.1) is 33.6 Å². The van der Waals surface area contributed by atoms with Crippen molar-refractivity contribution < 1.29 is 19.3 Å². The standard InChI is InChI=1S/C15H18N2O4S/c1-19-11-6-5-10(13(20-2)14(11)21-3)12-9(8-18)7-16-15(17-12)22-4/h5-7,18H,8H2,1-4H3. The number of benzene rings is 1. The summed E-state index contributed by atoms with van der Waals surface area (Å²) in [5.74, 6) is 1.55. The SMILES string of the molecule is COc1ccc(-c2nc(SC)ncc2CO)c(OC)c1OC. The van der Waals surface area contributed by atoms with Gasteiger partial charge in [-0.05, 0) is 18.4 Å². The number of hydrogen-bond acceptors (Lipinski definition) is 7. The molecule has 118 valence electrons. The van der Waals surface area contributed by atoms with E-state index >= 15 is 0 Å². The third kappa shape index (κ3) is 2.95. The average molecular weight is 322 g/mol. The summed E-state index contributed by atoms with van der Waals surface area (Å²) < 4.78 is 16.2. The maximum atomic E-state index is 9.55. The molecule has 0 atom stereocenters. The van der Waals surface area contributed by atoms with Gasteiger partial charge in [0.25, 0.3) is 0 Å². The Morgan fingerprint density at radius 2 is 1.82 bits per heavy atom. The van der Waals surface area contributed by atoms with Crippen molar-refractivity contribution in [2.45, 2.75) is 11.8 Å². The number of hydrogen-bond donors (Lipinski definition) is 1. The van der Waals surface area contributed by atoms with Crippen LogP contribution < -0.4 is 14.2 Å². The number of aromatic nitrogens is 2.